The Bertz CT molecular complexity index is 760. The molecule has 1 amide bonds. The topological polar surface area (TPSA) is 55.8 Å². The van der Waals surface area contributed by atoms with E-state index in [9.17, 15) is 9.59 Å². The highest BCUT2D eigenvalue weighted by Gasteiger charge is 2.33. The number of benzene rings is 2. The fourth-order valence-corrected chi connectivity index (χ4v) is 3.57. The molecule has 0 bridgehead atoms. The molecule has 5 nitrogen and oxygen atoms in total. The summed E-state index contributed by atoms with van der Waals surface area (Å²) in [7, 11) is 1.59. The van der Waals surface area contributed by atoms with Crippen LogP contribution in [0.25, 0.3) is 0 Å². The molecule has 0 N–H and O–H groups in total. The molecular weight excluding hydrogens is 326 g/mol. The van der Waals surface area contributed by atoms with Crippen molar-refractivity contribution in [1.29, 1.82) is 0 Å². The first-order valence-electron chi connectivity index (χ1n) is 7.47. The van der Waals surface area contributed by atoms with Crippen molar-refractivity contribution in [3.05, 3.63) is 48.5 Å². The molecule has 24 heavy (non-hydrogen) atoms. The average Bonchev–Trinajstić information content (AvgIpc) is 2.72. The molecule has 0 spiro atoms. The van der Waals surface area contributed by atoms with Crippen LogP contribution in [0.1, 0.15) is 6.92 Å². The van der Waals surface area contributed by atoms with E-state index in [4.69, 9.17) is 9.47 Å². The molecule has 2 aromatic rings. The van der Waals surface area contributed by atoms with Crippen LogP contribution in [0.2, 0.25) is 0 Å². The Morgan fingerprint density at radius 2 is 1.88 bits per heavy atom. The molecule has 1 heterocycles. The molecule has 0 radical (unpaired) electrons. The number of esters is 1. The number of hydrogen-bond acceptors (Lipinski definition) is 5. The van der Waals surface area contributed by atoms with Gasteiger partial charge in [0, 0.05) is 23.3 Å². The lowest BCUT2D eigenvalue weighted by molar-refractivity contribution is -0.151. The largest absolute Gasteiger partial charge is 0.497 e. The zero-order valence-corrected chi connectivity index (χ0v) is 14.2. The van der Waals surface area contributed by atoms with E-state index in [-0.39, 0.29) is 5.91 Å². The van der Waals surface area contributed by atoms with Crippen molar-refractivity contribution in [2.45, 2.75) is 17.9 Å². The molecule has 6 heteroatoms. The van der Waals surface area contributed by atoms with Crippen LogP contribution in [-0.4, -0.2) is 30.8 Å². The first-order chi connectivity index (χ1) is 11.6. The highest BCUT2D eigenvalue weighted by Crippen LogP contribution is 2.39. The molecule has 0 fully saturated rings. The lowest BCUT2D eigenvalue weighted by Crippen LogP contribution is -2.38. The maximum Gasteiger partial charge on any atom is 0.303 e. The molecule has 0 saturated carbocycles. The Morgan fingerprint density at radius 3 is 2.54 bits per heavy atom. The summed E-state index contributed by atoms with van der Waals surface area (Å²) in [5.41, 5.74) is 1.49. The van der Waals surface area contributed by atoms with E-state index in [1.807, 2.05) is 36.4 Å². The first-order valence-corrected chi connectivity index (χ1v) is 8.46. The molecule has 1 unspecified atom stereocenters. The third-order valence-electron chi connectivity index (χ3n) is 3.63. The van der Waals surface area contributed by atoms with E-state index in [2.05, 4.69) is 0 Å². The van der Waals surface area contributed by atoms with Gasteiger partial charge < -0.3 is 9.47 Å². The van der Waals surface area contributed by atoms with Gasteiger partial charge >= 0.3 is 5.97 Å². The number of methoxy groups -OCH3 is 1. The molecule has 1 aliphatic heterocycles. The quantitative estimate of drug-likeness (QED) is 0.800. The fourth-order valence-electron chi connectivity index (χ4n) is 2.55. The smallest absolute Gasteiger partial charge is 0.303 e. The Balaban J connectivity index is 2.06. The van der Waals surface area contributed by atoms with Crippen molar-refractivity contribution < 1.29 is 19.1 Å². The standard InChI is InChI=1S/C18H17NO4S/c1-12(20)23-16-11-24-17-6-4-3-5-15(17)19(18(16)21)13-7-9-14(22-2)10-8-13/h3-10,16H,11H2,1-2H3. The van der Waals surface area contributed by atoms with Crippen molar-refractivity contribution in [2.75, 3.05) is 17.8 Å². The predicted octanol–water partition coefficient (Wildman–Crippen LogP) is 3.40. The normalized spacial score (nSPS) is 17.0. The van der Waals surface area contributed by atoms with Gasteiger partial charge in [-0.05, 0) is 36.4 Å². The maximum atomic E-state index is 13.0. The highest BCUT2D eigenvalue weighted by molar-refractivity contribution is 7.99. The lowest BCUT2D eigenvalue weighted by atomic mass is 10.2. The van der Waals surface area contributed by atoms with Crippen molar-refractivity contribution in [3.63, 3.8) is 0 Å². The van der Waals surface area contributed by atoms with Crippen LogP contribution in [0.15, 0.2) is 53.4 Å². The predicted molar refractivity (Wildman–Crippen MR) is 92.9 cm³/mol. The van der Waals surface area contributed by atoms with Gasteiger partial charge in [-0.3, -0.25) is 14.5 Å². The zero-order valence-electron chi connectivity index (χ0n) is 13.4. The van der Waals surface area contributed by atoms with Gasteiger partial charge in [0.15, 0.2) is 6.10 Å². The van der Waals surface area contributed by atoms with Gasteiger partial charge in [-0.15, -0.1) is 11.8 Å². The van der Waals surface area contributed by atoms with Crippen LogP contribution in [0.5, 0.6) is 5.75 Å². The van der Waals surface area contributed by atoms with Gasteiger partial charge in [0.2, 0.25) is 0 Å². The van der Waals surface area contributed by atoms with Gasteiger partial charge in [-0.1, -0.05) is 12.1 Å². The lowest BCUT2D eigenvalue weighted by Gasteiger charge is -2.25. The number of rotatable bonds is 3. The minimum Gasteiger partial charge on any atom is -0.497 e. The highest BCUT2D eigenvalue weighted by atomic mass is 32.2. The molecule has 0 saturated heterocycles. The molecule has 1 aliphatic rings. The van der Waals surface area contributed by atoms with Crippen molar-refractivity contribution in [2.24, 2.45) is 0 Å². The third-order valence-corrected chi connectivity index (χ3v) is 4.76. The molecule has 124 valence electrons. The van der Waals surface area contributed by atoms with E-state index in [1.165, 1.54) is 18.7 Å². The number of fused-ring (bicyclic) bond motifs is 1. The number of anilines is 2. The number of hydrogen-bond donors (Lipinski definition) is 0. The Kier molecular flexibility index (Phi) is 4.76. The fraction of sp³-hybridized carbons (Fsp3) is 0.222. The number of carbonyl (C=O) groups excluding carboxylic acids is 2. The summed E-state index contributed by atoms with van der Waals surface area (Å²) in [6, 6.07) is 14.9. The molecule has 2 aromatic carbocycles. The number of para-hydroxylation sites is 1. The van der Waals surface area contributed by atoms with Gasteiger partial charge in [0.1, 0.15) is 5.75 Å². The maximum absolute atomic E-state index is 13.0. The van der Waals surface area contributed by atoms with Crippen molar-refractivity contribution in [3.8, 4) is 5.75 Å². The summed E-state index contributed by atoms with van der Waals surface area (Å²) in [6.45, 7) is 1.31. The van der Waals surface area contributed by atoms with Gasteiger partial charge in [0.05, 0.1) is 12.8 Å². The minimum absolute atomic E-state index is 0.257. The van der Waals surface area contributed by atoms with Gasteiger partial charge in [-0.2, -0.15) is 0 Å². The number of ether oxygens (including phenoxy) is 2. The van der Waals surface area contributed by atoms with Crippen LogP contribution in [0.3, 0.4) is 0 Å². The van der Waals surface area contributed by atoms with E-state index >= 15 is 0 Å². The van der Waals surface area contributed by atoms with Gasteiger partial charge in [-0.25, -0.2) is 0 Å². The van der Waals surface area contributed by atoms with Crippen LogP contribution in [0, 0.1) is 0 Å². The van der Waals surface area contributed by atoms with E-state index in [0.717, 1.165) is 10.6 Å². The summed E-state index contributed by atoms with van der Waals surface area (Å²) < 4.78 is 10.4. The summed E-state index contributed by atoms with van der Waals surface area (Å²) in [4.78, 5) is 26.9. The van der Waals surface area contributed by atoms with Crippen LogP contribution in [-0.2, 0) is 14.3 Å². The minimum atomic E-state index is -0.818. The van der Waals surface area contributed by atoms with Crippen LogP contribution >= 0.6 is 11.8 Å². The molecule has 3 rings (SSSR count). The number of thioether (sulfide) groups is 1. The number of amides is 1. The second-order valence-corrected chi connectivity index (χ2v) is 6.31. The van der Waals surface area contributed by atoms with E-state index < -0.39 is 12.1 Å². The summed E-state index contributed by atoms with van der Waals surface area (Å²) >= 11 is 1.51. The summed E-state index contributed by atoms with van der Waals surface area (Å²) in [6.07, 6.45) is -0.818. The zero-order chi connectivity index (χ0) is 17.1. The molecule has 1 atom stereocenters. The molecule has 0 aliphatic carbocycles. The second-order valence-electron chi connectivity index (χ2n) is 5.25. The monoisotopic (exact) mass is 343 g/mol. The molecular formula is C18H17NO4S. The van der Waals surface area contributed by atoms with E-state index in [1.54, 1.807) is 24.1 Å². The van der Waals surface area contributed by atoms with Crippen molar-refractivity contribution in [1.82, 2.24) is 0 Å². The Hall–Kier alpha value is -2.47. The van der Waals surface area contributed by atoms with E-state index in [0.29, 0.717) is 17.2 Å². The van der Waals surface area contributed by atoms with Crippen molar-refractivity contribution >= 4 is 35.0 Å². The SMILES string of the molecule is COc1ccc(N2C(=O)C(OC(C)=O)CSc3ccccc32)cc1. The third kappa shape index (κ3) is 3.23. The Labute approximate surface area is 144 Å². The van der Waals surface area contributed by atoms with Gasteiger partial charge in [0.25, 0.3) is 5.91 Å². The van der Waals surface area contributed by atoms with Crippen LogP contribution < -0.4 is 9.64 Å². The first kappa shape index (κ1) is 16.4. The molecule has 0 aromatic heterocycles. The summed E-state index contributed by atoms with van der Waals surface area (Å²) in [5, 5.41) is 0. The second kappa shape index (κ2) is 6.97. The Morgan fingerprint density at radius 1 is 1.17 bits per heavy atom. The number of nitrogens with zero attached hydrogens (tertiary/aromatic N) is 1. The van der Waals surface area contributed by atoms with Crippen LogP contribution in [0.4, 0.5) is 11.4 Å². The average molecular weight is 343 g/mol. The summed E-state index contributed by atoms with van der Waals surface area (Å²) in [5.74, 6) is 0.379. The number of carbonyl (C=O) groups is 2.